The van der Waals surface area contributed by atoms with E-state index < -0.39 is 0 Å². The van der Waals surface area contributed by atoms with Gasteiger partial charge in [0.25, 0.3) is 11.1 Å². The van der Waals surface area contributed by atoms with Gasteiger partial charge in [-0.25, -0.2) is 9.97 Å². The Hall–Kier alpha value is -3.42. The molecule has 3 aromatic heterocycles. The lowest BCUT2D eigenvalue weighted by Crippen LogP contribution is -2.22. The maximum Gasteiger partial charge on any atom is 0.266 e. The van der Waals surface area contributed by atoms with E-state index in [2.05, 4.69) is 4.98 Å². The number of hydrogen-bond acceptors (Lipinski definition) is 5. The van der Waals surface area contributed by atoms with Crippen LogP contribution in [0.25, 0.3) is 22.2 Å². The van der Waals surface area contributed by atoms with E-state index in [0.29, 0.717) is 38.2 Å². The van der Waals surface area contributed by atoms with Gasteiger partial charge in [0.05, 0.1) is 22.3 Å². The Bertz CT molecular complexity index is 1660. The first-order valence-corrected chi connectivity index (χ1v) is 11.7. The van der Waals surface area contributed by atoms with E-state index >= 15 is 0 Å². The Balaban J connectivity index is 1.64. The molecular weight excluding hydrogens is 456 g/mol. The monoisotopic (exact) mass is 474 g/mol. The van der Waals surface area contributed by atoms with Crippen molar-refractivity contribution in [3.05, 3.63) is 109 Å². The standard InChI is InChI=1S/C25H19ClN4O2S/c1-15-9-10-29-22(11-15)27-18(13-23(29)31)14-33-25-28-20-12-17(26)7-8-19(20)24(32)30(25)21-6-4-3-5-16(21)2/h3-13H,14H2,1-2H3. The first-order valence-electron chi connectivity index (χ1n) is 10.3. The molecule has 3 heterocycles. The fraction of sp³-hybridized carbons (Fsp3) is 0.120. The van der Waals surface area contributed by atoms with Crippen molar-refractivity contribution in [2.24, 2.45) is 0 Å². The molecule has 5 rings (SSSR count). The van der Waals surface area contributed by atoms with Gasteiger partial charge in [0.15, 0.2) is 5.16 Å². The molecule has 0 radical (unpaired) electrons. The average molecular weight is 475 g/mol. The van der Waals surface area contributed by atoms with Crippen LogP contribution in [0, 0.1) is 13.8 Å². The molecule has 2 aromatic carbocycles. The van der Waals surface area contributed by atoms with Gasteiger partial charge in [-0.3, -0.25) is 18.6 Å². The van der Waals surface area contributed by atoms with Gasteiger partial charge in [-0.05, 0) is 61.4 Å². The molecule has 0 aliphatic rings. The minimum Gasteiger partial charge on any atom is -0.269 e. The molecule has 0 aliphatic heterocycles. The van der Waals surface area contributed by atoms with Crippen LogP contribution in [0.5, 0.6) is 0 Å². The zero-order valence-electron chi connectivity index (χ0n) is 17.9. The minimum absolute atomic E-state index is 0.148. The molecule has 0 N–H and O–H groups in total. The van der Waals surface area contributed by atoms with E-state index in [1.807, 2.05) is 50.2 Å². The van der Waals surface area contributed by atoms with Crippen LogP contribution in [-0.2, 0) is 5.75 Å². The lowest BCUT2D eigenvalue weighted by molar-refractivity contribution is 0.814. The highest BCUT2D eigenvalue weighted by Crippen LogP contribution is 2.26. The normalized spacial score (nSPS) is 11.4. The molecule has 6 nitrogen and oxygen atoms in total. The Labute approximate surface area is 198 Å². The van der Waals surface area contributed by atoms with Crippen LogP contribution in [0.3, 0.4) is 0 Å². The smallest absolute Gasteiger partial charge is 0.266 e. The zero-order valence-corrected chi connectivity index (χ0v) is 19.5. The van der Waals surface area contributed by atoms with Crippen LogP contribution >= 0.6 is 23.4 Å². The highest BCUT2D eigenvalue weighted by molar-refractivity contribution is 7.98. The molecule has 33 heavy (non-hydrogen) atoms. The van der Waals surface area contributed by atoms with E-state index in [0.717, 1.165) is 16.8 Å². The van der Waals surface area contributed by atoms with E-state index in [9.17, 15) is 9.59 Å². The number of benzene rings is 2. The van der Waals surface area contributed by atoms with E-state index in [-0.39, 0.29) is 11.1 Å². The summed E-state index contributed by atoms with van der Waals surface area (Å²) in [4.78, 5) is 35.4. The number of fused-ring (bicyclic) bond motifs is 2. The number of thioether (sulfide) groups is 1. The third kappa shape index (κ3) is 4.05. The highest BCUT2D eigenvalue weighted by atomic mass is 35.5. The first kappa shape index (κ1) is 21.4. The Morgan fingerprint density at radius 2 is 1.79 bits per heavy atom. The van der Waals surface area contributed by atoms with Crippen molar-refractivity contribution in [1.29, 1.82) is 0 Å². The molecule has 8 heteroatoms. The van der Waals surface area contributed by atoms with Crippen molar-refractivity contribution < 1.29 is 0 Å². The topological polar surface area (TPSA) is 69.3 Å². The molecule has 0 spiro atoms. The van der Waals surface area contributed by atoms with Gasteiger partial charge >= 0.3 is 0 Å². The largest absolute Gasteiger partial charge is 0.269 e. The molecule has 0 saturated heterocycles. The van der Waals surface area contributed by atoms with Gasteiger partial charge < -0.3 is 0 Å². The molecule has 0 aliphatic carbocycles. The second-order valence-electron chi connectivity index (χ2n) is 7.79. The van der Waals surface area contributed by atoms with Crippen LogP contribution in [0.4, 0.5) is 0 Å². The second-order valence-corrected chi connectivity index (χ2v) is 9.17. The second kappa shape index (κ2) is 8.50. The number of halogens is 1. The van der Waals surface area contributed by atoms with E-state index in [1.165, 1.54) is 22.2 Å². The van der Waals surface area contributed by atoms with Gasteiger partial charge in [0.1, 0.15) is 5.65 Å². The van der Waals surface area contributed by atoms with Gasteiger partial charge in [-0.2, -0.15) is 0 Å². The van der Waals surface area contributed by atoms with Crippen LogP contribution in [-0.4, -0.2) is 18.9 Å². The van der Waals surface area contributed by atoms with Gasteiger partial charge in [0.2, 0.25) is 0 Å². The Morgan fingerprint density at radius 3 is 2.61 bits per heavy atom. The van der Waals surface area contributed by atoms with Gasteiger partial charge in [-0.1, -0.05) is 41.6 Å². The summed E-state index contributed by atoms with van der Waals surface area (Å²) in [6.07, 6.45) is 1.72. The molecule has 164 valence electrons. The third-order valence-electron chi connectivity index (χ3n) is 5.38. The molecule has 5 aromatic rings. The lowest BCUT2D eigenvalue weighted by atomic mass is 10.2. The summed E-state index contributed by atoms with van der Waals surface area (Å²) in [6.45, 7) is 3.91. The fourth-order valence-electron chi connectivity index (χ4n) is 3.73. The average Bonchev–Trinajstić information content (AvgIpc) is 2.78. The van der Waals surface area contributed by atoms with Crippen molar-refractivity contribution in [2.75, 3.05) is 0 Å². The SMILES string of the molecule is Cc1ccn2c(=O)cc(CSc3nc4cc(Cl)ccc4c(=O)n3-c3ccccc3C)nc2c1. The summed E-state index contributed by atoms with van der Waals surface area (Å²) in [5.74, 6) is 0.379. The fourth-order valence-corrected chi connectivity index (χ4v) is 4.79. The maximum atomic E-state index is 13.5. The van der Waals surface area contributed by atoms with Crippen molar-refractivity contribution >= 4 is 39.9 Å². The molecule has 0 bridgehead atoms. The summed E-state index contributed by atoms with van der Waals surface area (Å²) in [5, 5.41) is 1.51. The predicted molar refractivity (Wildman–Crippen MR) is 133 cm³/mol. The number of aryl methyl sites for hydroxylation is 2. The summed E-state index contributed by atoms with van der Waals surface area (Å²) < 4.78 is 3.13. The van der Waals surface area contributed by atoms with Crippen LogP contribution < -0.4 is 11.1 Å². The quantitative estimate of drug-likeness (QED) is 0.272. The maximum absolute atomic E-state index is 13.5. The number of pyridine rings is 1. The van der Waals surface area contributed by atoms with Crippen LogP contribution in [0.1, 0.15) is 16.8 Å². The number of aromatic nitrogens is 4. The number of rotatable bonds is 4. The Morgan fingerprint density at radius 1 is 0.970 bits per heavy atom. The summed E-state index contributed by atoms with van der Waals surface area (Å²) in [5.41, 5.74) is 4.15. The van der Waals surface area contributed by atoms with Crippen LogP contribution in [0.15, 0.2) is 81.6 Å². The summed E-state index contributed by atoms with van der Waals surface area (Å²) in [6, 6.07) is 18.0. The van der Waals surface area contributed by atoms with Gasteiger partial charge in [0, 0.05) is 23.0 Å². The number of nitrogens with zero attached hydrogens (tertiary/aromatic N) is 4. The van der Waals surface area contributed by atoms with Gasteiger partial charge in [-0.15, -0.1) is 0 Å². The molecular formula is C25H19ClN4O2S. The molecule has 0 fully saturated rings. The molecule has 0 unspecified atom stereocenters. The van der Waals surface area contributed by atoms with Crippen molar-refractivity contribution in [3.63, 3.8) is 0 Å². The predicted octanol–water partition coefficient (Wildman–Crippen LogP) is 4.96. The van der Waals surface area contributed by atoms with Crippen molar-refractivity contribution in [3.8, 4) is 5.69 Å². The zero-order chi connectivity index (χ0) is 23.1. The van der Waals surface area contributed by atoms with E-state index in [1.54, 1.807) is 29.0 Å². The first-order chi connectivity index (χ1) is 15.9. The Kier molecular flexibility index (Phi) is 5.52. The minimum atomic E-state index is -0.171. The summed E-state index contributed by atoms with van der Waals surface area (Å²) >= 11 is 7.52. The highest BCUT2D eigenvalue weighted by Gasteiger charge is 2.16. The molecule has 0 saturated carbocycles. The number of para-hydroxylation sites is 1. The van der Waals surface area contributed by atoms with E-state index in [4.69, 9.17) is 16.6 Å². The van der Waals surface area contributed by atoms with Crippen LogP contribution in [0.2, 0.25) is 5.02 Å². The third-order valence-corrected chi connectivity index (χ3v) is 6.59. The van der Waals surface area contributed by atoms with Crippen molar-refractivity contribution in [1.82, 2.24) is 18.9 Å². The van der Waals surface area contributed by atoms with Crippen molar-refractivity contribution in [2.45, 2.75) is 24.8 Å². The lowest BCUT2D eigenvalue weighted by Gasteiger charge is -2.15. The number of hydrogen-bond donors (Lipinski definition) is 0. The summed E-state index contributed by atoms with van der Waals surface area (Å²) in [7, 11) is 0. The molecule has 0 amide bonds. The molecule has 0 atom stereocenters.